The standard InChI is InChI=1S/C21H24O4.C10H10O2/c1-21(2,15-3-7-17(8-4-15)22-11-19-13-24-19)16-5-9-18(10-6-16)23-12-20-14-25-20;1-7-2-4-9-8(6-7)3-5-10(11)12-9/h3-10,19-20H,11-14H2,1-2H3;2,4,6H,3,5H2,1H3. The second-order valence-electron chi connectivity index (χ2n) is 10.3. The Balaban J connectivity index is 0.000000195. The van der Waals surface area contributed by atoms with Gasteiger partial charge in [-0.1, -0.05) is 55.8 Å². The molecule has 194 valence electrons. The molecule has 0 aromatic heterocycles. The van der Waals surface area contributed by atoms with Gasteiger partial charge in [0.1, 0.15) is 42.7 Å². The molecule has 3 aromatic rings. The number of esters is 1. The van der Waals surface area contributed by atoms with Crippen molar-refractivity contribution in [2.24, 2.45) is 0 Å². The number of epoxide rings is 2. The van der Waals surface area contributed by atoms with Crippen molar-refractivity contribution < 1.29 is 28.5 Å². The number of hydrogen-bond donors (Lipinski definition) is 0. The van der Waals surface area contributed by atoms with E-state index in [2.05, 4.69) is 44.2 Å². The fraction of sp³-hybridized carbons (Fsp3) is 0.387. The van der Waals surface area contributed by atoms with E-state index in [9.17, 15) is 4.79 Å². The van der Waals surface area contributed by atoms with Crippen molar-refractivity contribution in [3.63, 3.8) is 0 Å². The van der Waals surface area contributed by atoms with Crippen LogP contribution in [-0.2, 0) is 26.1 Å². The number of carbonyl (C=O) groups is 1. The predicted octanol–water partition coefficient (Wildman–Crippen LogP) is 5.41. The quantitative estimate of drug-likeness (QED) is 0.233. The molecule has 0 amide bonds. The number of ether oxygens (including phenoxy) is 5. The molecule has 37 heavy (non-hydrogen) atoms. The summed E-state index contributed by atoms with van der Waals surface area (Å²) in [4.78, 5) is 10.9. The van der Waals surface area contributed by atoms with Crippen molar-refractivity contribution in [2.75, 3.05) is 26.4 Å². The van der Waals surface area contributed by atoms with Gasteiger partial charge in [0.2, 0.25) is 0 Å². The molecule has 6 heteroatoms. The van der Waals surface area contributed by atoms with E-state index < -0.39 is 0 Å². The van der Waals surface area contributed by atoms with Crippen LogP contribution in [0.4, 0.5) is 0 Å². The van der Waals surface area contributed by atoms with Crippen LogP contribution in [-0.4, -0.2) is 44.6 Å². The van der Waals surface area contributed by atoms with Crippen LogP contribution in [0.2, 0.25) is 0 Å². The Morgan fingerprint density at radius 3 is 1.78 bits per heavy atom. The molecule has 0 aliphatic carbocycles. The number of rotatable bonds is 8. The van der Waals surface area contributed by atoms with Gasteiger partial charge in [-0.2, -0.15) is 0 Å². The van der Waals surface area contributed by atoms with E-state index in [1.165, 1.54) is 16.7 Å². The van der Waals surface area contributed by atoms with E-state index in [1.807, 2.05) is 43.3 Å². The van der Waals surface area contributed by atoms with E-state index in [0.717, 1.165) is 42.4 Å². The maximum atomic E-state index is 10.9. The van der Waals surface area contributed by atoms with Gasteiger partial charge in [-0.05, 0) is 60.4 Å². The lowest BCUT2D eigenvalue weighted by Gasteiger charge is -2.26. The first-order valence-electron chi connectivity index (χ1n) is 12.9. The zero-order valence-corrected chi connectivity index (χ0v) is 21.7. The smallest absolute Gasteiger partial charge is 0.311 e. The molecule has 2 unspecified atom stereocenters. The average Bonchev–Trinajstić information content (AvgIpc) is 3.83. The van der Waals surface area contributed by atoms with Gasteiger partial charge in [0, 0.05) is 5.41 Å². The third-order valence-electron chi connectivity index (χ3n) is 6.87. The molecule has 6 rings (SSSR count). The second-order valence-corrected chi connectivity index (χ2v) is 10.3. The molecular formula is C31H34O6. The molecule has 0 bridgehead atoms. The summed E-state index contributed by atoms with van der Waals surface area (Å²) in [6, 6.07) is 22.6. The number of benzene rings is 3. The Bertz CT molecular complexity index is 1150. The molecule has 2 fully saturated rings. The summed E-state index contributed by atoms with van der Waals surface area (Å²) in [6.07, 6.45) is 1.89. The van der Waals surface area contributed by atoms with Crippen LogP contribution in [0.1, 0.15) is 42.5 Å². The second kappa shape index (κ2) is 11.0. The van der Waals surface area contributed by atoms with Crippen LogP contribution in [0.5, 0.6) is 17.2 Å². The first-order valence-corrected chi connectivity index (χ1v) is 12.9. The van der Waals surface area contributed by atoms with Crippen LogP contribution < -0.4 is 14.2 Å². The zero-order chi connectivity index (χ0) is 25.8. The number of fused-ring (bicyclic) bond motifs is 1. The normalized spacial score (nSPS) is 19.6. The zero-order valence-electron chi connectivity index (χ0n) is 21.7. The van der Waals surface area contributed by atoms with E-state index >= 15 is 0 Å². The Morgan fingerprint density at radius 1 is 0.784 bits per heavy atom. The predicted molar refractivity (Wildman–Crippen MR) is 141 cm³/mol. The minimum absolute atomic E-state index is 0.0870. The highest BCUT2D eigenvalue weighted by Gasteiger charge is 2.26. The Morgan fingerprint density at radius 2 is 1.30 bits per heavy atom. The molecule has 3 aliphatic rings. The van der Waals surface area contributed by atoms with Crippen molar-refractivity contribution in [3.8, 4) is 17.2 Å². The molecule has 3 aromatic carbocycles. The van der Waals surface area contributed by atoms with Crippen molar-refractivity contribution >= 4 is 5.97 Å². The molecule has 3 heterocycles. The van der Waals surface area contributed by atoms with Gasteiger partial charge in [-0.25, -0.2) is 0 Å². The average molecular weight is 503 g/mol. The van der Waals surface area contributed by atoms with Gasteiger partial charge in [0.15, 0.2) is 0 Å². The van der Waals surface area contributed by atoms with Crippen molar-refractivity contribution in [2.45, 2.75) is 51.2 Å². The molecule has 0 N–H and O–H groups in total. The summed E-state index contributed by atoms with van der Waals surface area (Å²) in [5, 5.41) is 0. The Labute approximate surface area is 218 Å². The monoisotopic (exact) mass is 502 g/mol. The molecule has 2 atom stereocenters. The third-order valence-corrected chi connectivity index (χ3v) is 6.87. The van der Waals surface area contributed by atoms with Crippen molar-refractivity contribution in [1.29, 1.82) is 0 Å². The summed E-state index contributed by atoms with van der Waals surface area (Å²) in [6.45, 7) is 9.41. The first kappa shape index (κ1) is 25.3. The number of carbonyl (C=O) groups excluding carboxylic acids is 1. The highest BCUT2D eigenvalue weighted by molar-refractivity contribution is 5.75. The van der Waals surface area contributed by atoms with Gasteiger partial charge >= 0.3 is 5.97 Å². The van der Waals surface area contributed by atoms with Crippen LogP contribution >= 0.6 is 0 Å². The van der Waals surface area contributed by atoms with E-state index in [-0.39, 0.29) is 23.6 Å². The van der Waals surface area contributed by atoms with Crippen LogP contribution in [0.25, 0.3) is 0 Å². The summed E-state index contributed by atoms with van der Waals surface area (Å²) in [5.74, 6) is 2.39. The summed E-state index contributed by atoms with van der Waals surface area (Å²) in [5.41, 5.74) is 4.78. The number of aryl methyl sites for hydroxylation is 2. The topological polar surface area (TPSA) is 69.8 Å². The van der Waals surface area contributed by atoms with E-state index in [1.54, 1.807) is 0 Å². The number of hydrogen-bond acceptors (Lipinski definition) is 6. The first-order chi connectivity index (χ1) is 17.9. The molecule has 0 radical (unpaired) electrons. The highest BCUT2D eigenvalue weighted by atomic mass is 16.6. The molecule has 6 nitrogen and oxygen atoms in total. The minimum Gasteiger partial charge on any atom is -0.491 e. The summed E-state index contributed by atoms with van der Waals surface area (Å²) < 4.78 is 26.8. The maximum Gasteiger partial charge on any atom is 0.311 e. The van der Waals surface area contributed by atoms with Gasteiger partial charge in [-0.3, -0.25) is 4.79 Å². The van der Waals surface area contributed by atoms with Gasteiger partial charge in [0.25, 0.3) is 0 Å². The van der Waals surface area contributed by atoms with Crippen molar-refractivity contribution in [1.82, 2.24) is 0 Å². The molecule has 2 saturated heterocycles. The fourth-order valence-electron chi connectivity index (χ4n) is 4.22. The van der Waals surface area contributed by atoms with Gasteiger partial charge < -0.3 is 23.7 Å². The molecule has 0 saturated carbocycles. The third kappa shape index (κ3) is 6.90. The minimum atomic E-state index is -0.119. The van der Waals surface area contributed by atoms with E-state index in [4.69, 9.17) is 23.7 Å². The van der Waals surface area contributed by atoms with Crippen LogP contribution in [0, 0.1) is 6.92 Å². The molecule has 3 aliphatic heterocycles. The van der Waals surface area contributed by atoms with Gasteiger partial charge in [-0.15, -0.1) is 0 Å². The SMILES string of the molecule is CC(C)(c1ccc(OCC2CO2)cc1)c1ccc(OCC2CO2)cc1.Cc1ccc2c(c1)CCC(=O)O2. The lowest BCUT2D eigenvalue weighted by Crippen LogP contribution is -2.18. The molecule has 0 spiro atoms. The Kier molecular flexibility index (Phi) is 7.49. The van der Waals surface area contributed by atoms with Crippen molar-refractivity contribution in [3.05, 3.63) is 89.0 Å². The van der Waals surface area contributed by atoms with E-state index in [0.29, 0.717) is 19.6 Å². The van der Waals surface area contributed by atoms with Crippen LogP contribution in [0.15, 0.2) is 66.7 Å². The largest absolute Gasteiger partial charge is 0.491 e. The maximum absolute atomic E-state index is 10.9. The lowest BCUT2D eigenvalue weighted by atomic mass is 9.78. The molecular weight excluding hydrogens is 468 g/mol. The highest BCUT2D eigenvalue weighted by Crippen LogP contribution is 2.33. The van der Waals surface area contributed by atoms with Gasteiger partial charge in [0.05, 0.1) is 19.6 Å². The lowest BCUT2D eigenvalue weighted by molar-refractivity contribution is -0.135. The fourth-order valence-corrected chi connectivity index (χ4v) is 4.22. The summed E-state index contributed by atoms with van der Waals surface area (Å²) in [7, 11) is 0. The Hall–Kier alpha value is -3.35. The summed E-state index contributed by atoms with van der Waals surface area (Å²) >= 11 is 0. The van der Waals surface area contributed by atoms with Crippen LogP contribution in [0.3, 0.4) is 0 Å².